The normalized spacial score (nSPS) is 11.0. The van der Waals surface area contributed by atoms with Crippen LogP contribution in [0.3, 0.4) is 0 Å². The van der Waals surface area contributed by atoms with Gasteiger partial charge in [0.25, 0.3) is 0 Å². The summed E-state index contributed by atoms with van der Waals surface area (Å²) in [4.78, 5) is 23.7. The van der Waals surface area contributed by atoms with Crippen molar-refractivity contribution in [3.05, 3.63) is 60.3 Å². The molecule has 0 atom stereocenters. The van der Waals surface area contributed by atoms with Gasteiger partial charge < -0.3 is 9.47 Å². The molecule has 29 heavy (non-hydrogen) atoms. The highest BCUT2D eigenvalue weighted by Gasteiger charge is 2.16. The highest BCUT2D eigenvalue weighted by molar-refractivity contribution is 5.90. The second-order valence-corrected chi connectivity index (χ2v) is 7.30. The summed E-state index contributed by atoms with van der Waals surface area (Å²) in [6, 6.07) is 14.1. The number of aromatic nitrogens is 3. The van der Waals surface area contributed by atoms with Crippen LogP contribution in [0.1, 0.15) is 31.1 Å². The lowest BCUT2D eigenvalue weighted by Crippen LogP contribution is -2.27. The summed E-state index contributed by atoms with van der Waals surface area (Å²) in [5, 5.41) is 11.0. The van der Waals surface area contributed by atoms with E-state index in [4.69, 9.17) is 9.47 Å². The highest BCUT2D eigenvalue weighted by Crippen LogP contribution is 2.22. The Bertz CT molecular complexity index is 1040. The smallest absolute Gasteiger partial charge is 0.412 e. The molecule has 0 aliphatic heterocycles. The number of amides is 1. The van der Waals surface area contributed by atoms with Gasteiger partial charge in [-0.1, -0.05) is 23.4 Å². The van der Waals surface area contributed by atoms with Crippen molar-refractivity contribution in [3.63, 3.8) is 0 Å². The van der Waals surface area contributed by atoms with E-state index < -0.39 is 17.7 Å². The Morgan fingerprint density at radius 1 is 1.07 bits per heavy atom. The van der Waals surface area contributed by atoms with Crippen molar-refractivity contribution >= 4 is 17.7 Å². The van der Waals surface area contributed by atoms with E-state index in [0.717, 1.165) is 5.56 Å². The first-order chi connectivity index (χ1) is 13.7. The lowest BCUT2D eigenvalue weighted by molar-refractivity contribution is 0.0598. The molecule has 1 N–H and O–H groups in total. The van der Waals surface area contributed by atoms with Gasteiger partial charge >= 0.3 is 12.1 Å². The molecule has 0 aliphatic carbocycles. The van der Waals surface area contributed by atoms with Crippen molar-refractivity contribution in [1.82, 2.24) is 15.0 Å². The van der Waals surface area contributed by atoms with Crippen LogP contribution in [-0.4, -0.2) is 39.8 Å². The van der Waals surface area contributed by atoms with Gasteiger partial charge in [-0.3, -0.25) is 5.32 Å². The van der Waals surface area contributed by atoms with Gasteiger partial charge in [-0.15, -0.1) is 5.10 Å². The molecule has 0 radical (unpaired) electrons. The first kappa shape index (κ1) is 20.1. The molecule has 1 aromatic heterocycles. The standard InChI is InChI=1S/C21H22N4O4/c1-21(2,3)29-20(27)22-16-9-5-7-14(11-16)18-13-25(24-23-18)17-10-6-8-15(12-17)19(26)28-4/h5-13H,1-4H3,(H,22,27). The Kier molecular flexibility index (Phi) is 5.63. The monoisotopic (exact) mass is 394 g/mol. The molecule has 0 unspecified atom stereocenters. The Labute approximate surface area is 168 Å². The van der Waals surface area contributed by atoms with Crippen molar-refractivity contribution in [2.75, 3.05) is 12.4 Å². The van der Waals surface area contributed by atoms with Crippen molar-refractivity contribution in [2.45, 2.75) is 26.4 Å². The number of anilines is 1. The van der Waals surface area contributed by atoms with Crippen molar-refractivity contribution in [1.29, 1.82) is 0 Å². The fourth-order valence-corrected chi connectivity index (χ4v) is 2.59. The van der Waals surface area contributed by atoms with Crippen LogP contribution >= 0.6 is 0 Å². The van der Waals surface area contributed by atoms with Gasteiger partial charge in [0.2, 0.25) is 0 Å². The van der Waals surface area contributed by atoms with Crippen molar-refractivity contribution in [2.24, 2.45) is 0 Å². The minimum Gasteiger partial charge on any atom is -0.465 e. The van der Waals surface area contributed by atoms with Gasteiger partial charge in [0.15, 0.2) is 0 Å². The van der Waals surface area contributed by atoms with E-state index in [1.165, 1.54) is 7.11 Å². The maximum atomic E-state index is 12.0. The zero-order valence-electron chi connectivity index (χ0n) is 16.7. The average Bonchev–Trinajstić information content (AvgIpc) is 3.16. The van der Waals surface area contributed by atoms with Gasteiger partial charge in [0, 0.05) is 11.3 Å². The van der Waals surface area contributed by atoms with E-state index >= 15 is 0 Å². The van der Waals surface area contributed by atoms with Gasteiger partial charge in [-0.2, -0.15) is 0 Å². The lowest BCUT2D eigenvalue weighted by Gasteiger charge is -2.19. The minimum atomic E-state index is -0.580. The summed E-state index contributed by atoms with van der Waals surface area (Å²) in [6.07, 6.45) is 1.21. The van der Waals surface area contributed by atoms with Crippen LogP contribution in [0.25, 0.3) is 16.9 Å². The Morgan fingerprint density at radius 3 is 2.55 bits per heavy atom. The molecule has 0 aliphatic rings. The molecule has 0 fully saturated rings. The van der Waals surface area contributed by atoms with E-state index in [1.54, 1.807) is 68.0 Å². The number of ether oxygens (including phenoxy) is 2. The van der Waals surface area contributed by atoms with Gasteiger partial charge in [0.05, 0.1) is 24.6 Å². The number of carbonyl (C=O) groups is 2. The molecular weight excluding hydrogens is 372 g/mol. The molecule has 0 saturated carbocycles. The predicted molar refractivity (Wildman–Crippen MR) is 108 cm³/mol. The molecule has 150 valence electrons. The third kappa shape index (κ3) is 5.19. The van der Waals surface area contributed by atoms with E-state index in [1.807, 2.05) is 12.1 Å². The average molecular weight is 394 g/mol. The van der Waals surface area contributed by atoms with Crippen LogP contribution in [0.4, 0.5) is 10.5 Å². The zero-order chi connectivity index (χ0) is 21.0. The van der Waals surface area contributed by atoms with Crippen LogP contribution in [0.15, 0.2) is 54.7 Å². The molecule has 0 spiro atoms. The molecule has 3 rings (SSSR count). The first-order valence-corrected chi connectivity index (χ1v) is 8.97. The summed E-state index contributed by atoms with van der Waals surface area (Å²) >= 11 is 0. The maximum absolute atomic E-state index is 12.0. The van der Waals surface area contributed by atoms with E-state index in [2.05, 4.69) is 15.6 Å². The largest absolute Gasteiger partial charge is 0.465 e. The molecule has 3 aromatic rings. The SMILES string of the molecule is COC(=O)c1cccc(-n2cc(-c3cccc(NC(=O)OC(C)(C)C)c3)nn2)c1. The topological polar surface area (TPSA) is 95.3 Å². The summed E-state index contributed by atoms with van der Waals surface area (Å²) in [5.74, 6) is -0.423. The second-order valence-electron chi connectivity index (χ2n) is 7.30. The third-order valence-electron chi connectivity index (χ3n) is 3.83. The molecular formula is C21H22N4O4. The summed E-state index contributed by atoms with van der Waals surface area (Å²) in [6.45, 7) is 5.41. The fourth-order valence-electron chi connectivity index (χ4n) is 2.59. The number of hydrogen-bond donors (Lipinski definition) is 1. The third-order valence-corrected chi connectivity index (χ3v) is 3.83. The van der Waals surface area contributed by atoms with Crippen LogP contribution < -0.4 is 5.32 Å². The number of carbonyl (C=O) groups excluding carboxylic acids is 2. The zero-order valence-corrected chi connectivity index (χ0v) is 16.7. The molecule has 0 saturated heterocycles. The summed E-state index contributed by atoms with van der Waals surface area (Å²) in [5.41, 5.74) is 2.48. The molecule has 8 heteroatoms. The predicted octanol–water partition coefficient (Wildman–Crippen LogP) is 4.07. The van der Waals surface area contributed by atoms with Crippen LogP contribution in [-0.2, 0) is 9.47 Å². The van der Waals surface area contributed by atoms with Crippen LogP contribution in [0.2, 0.25) is 0 Å². The summed E-state index contributed by atoms with van der Waals surface area (Å²) < 4.78 is 11.6. The molecule has 8 nitrogen and oxygen atoms in total. The maximum Gasteiger partial charge on any atom is 0.412 e. The number of rotatable bonds is 4. The van der Waals surface area contributed by atoms with Gasteiger partial charge in [-0.05, 0) is 51.1 Å². The van der Waals surface area contributed by atoms with Crippen molar-refractivity contribution < 1.29 is 19.1 Å². The highest BCUT2D eigenvalue weighted by atomic mass is 16.6. The number of nitrogens with one attached hydrogen (secondary N) is 1. The quantitative estimate of drug-likeness (QED) is 0.670. The van der Waals surface area contributed by atoms with Crippen LogP contribution in [0.5, 0.6) is 0 Å². The minimum absolute atomic E-state index is 0.422. The number of benzene rings is 2. The Morgan fingerprint density at radius 2 is 1.83 bits per heavy atom. The fraction of sp³-hybridized carbons (Fsp3) is 0.238. The van der Waals surface area contributed by atoms with Crippen LogP contribution in [0, 0.1) is 0 Å². The van der Waals surface area contributed by atoms with E-state index in [-0.39, 0.29) is 0 Å². The van der Waals surface area contributed by atoms with Crippen molar-refractivity contribution in [3.8, 4) is 16.9 Å². The second kappa shape index (κ2) is 8.14. The lowest BCUT2D eigenvalue weighted by atomic mass is 10.1. The first-order valence-electron chi connectivity index (χ1n) is 8.97. The van der Waals surface area contributed by atoms with E-state index in [0.29, 0.717) is 22.6 Å². The van der Waals surface area contributed by atoms with E-state index in [9.17, 15) is 9.59 Å². The molecule has 1 heterocycles. The Balaban J connectivity index is 1.81. The number of hydrogen-bond acceptors (Lipinski definition) is 6. The molecule has 1 amide bonds. The van der Waals surface area contributed by atoms with Gasteiger partial charge in [-0.25, -0.2) is 14.3 Å². The molecule has 0 bridgehead atoms. The number of esters is 1. The number of nitrogens with zero attached hydrogens (tertiary/aromatic N) is 3. The summed E-state index contributed by atoms with van der Waals surface area (Å²) in [7, 11) is 1.33. The Hall–Kier alpha value is -3.68. The molecule has 2 aromatic carbocycles. The van der Waals surface area contributed by atoms with Gasteiger partial charge in [0.1, 0.15) is 11.3 Å². The number of methoxy groups -OCH3 is 1.